The zero-order chi connectivity index (χ0) is 10.8. The van der Waals surface area contributed by atoms with Crippen molar-refractivity contribution in [2.45, 2.75) is 12.8 Å². The summed E-state index contributed by atoms with van der Waals surface area (Å²) in [5.41, 5.74) is 0.855. The molecule has 78 valence electrons. The summed E-state index contributed by atoms with van der Waals surface area (Å²) in [6.45, 7) is 1.80. The Labute approximate surface area is 91.7 Å². The molecule has 14 heavy (non-hydrogen) atoms. The minimum absolute atomic E-state index is 0.0644. The normalized spacial score (nSPS) is 13.9. The molecule has 1 aromatic heterocycles. The number of sulfonamides is 1. The van der Waals surface area contributed by atoms with Gasteiger partial charge in [-0.2, -0.15) is 0 Å². The number of hydrogen-bond donors (Lipinski definition) is 1. The molecule has 0 aliphatic heterocycles. The fraction of sp³-hybridized carbons (Fsp3) is 0.375. The number of halogens is 1. The third kappa shape index (κ3) is 3.73. The molecule has 1 aromatic rings. The maximum absolute atomic E-state index is 10.8. The number of nitrogens with two attached hydrogens (primary N) is 1. The van der Waals surface area contributed by atoms with Crippen LogP contribution in [0.4, 0.5) is 0 Å². The van der Waals surface area contributed by atoms with Crippen LogP contribution in [0, 0.1) is 0 Å². The highest BCUT2D eigenvalue weighted by molar-refractivity contribution is 9.10. The Balaban J connectivity index is 2.85. The first-order chi connectivity index (χ1) is 6.38. The van der Waals surface area contributed by atoms with Crippen LogP contribution in [0.5, 0.6) is 0 Å². The van der Waals surface area contributed by atoms with Crippen LogP contribution in [0.3, 0.4) is 0 Å². The van der Waals surface area contributed by atoms with Gasteiger partial charge in [-0.3, -0.25) is 4.98 Å². The monoisotopic (exact) mass is 278 g/mol. The first-order valence-corrected chi connectivity index (χ1v) is 6.50. The molecular weight excluding hydrogens is 268 g/mol. The van der Waals surface area contributed by atoms with Crippen LogP contribution in [-0.4, -0.2) is 19.2 Å². The van der Waals surface area contributed by atoms with E-state index in [2.05, 4.69) is 20.9 Å². The molecule has 0 aliphatic carbocycles. The lowest BCUT2D eigenvalue weighted by Crippen LogP contribution is -2.20. The van der Waals surface area contributed by atoms with Gasteiger partial charge in [0, 0.05) is 16.9 Å². The van der Waals surface area contributed by atoms with Crippen LogP contribution in [0.1, 0.15) is 18.4 Å². The van der Waals surface area contributed by atoms with Crippen molar-refractivity contribution in [3.63, 3.8) is 0 Å². The molecule has 0 saturated heterocycles. The van der Waals surface area contributed by atoms with Gasteiger partial charge >= 0.3 is 0 Å². The molecule has 0 aliphatic rings. The summed E-state index contributed by atoms with van der Waals surface area (Å²) >= 11 is 3.27. The topological polar surface area (TPSA) is 73.1 Å². The standard InChI is InChI=1S/C8H11BrN2O2S/c1-6(5-14(10,12)13)7-2-8(9)4-11-3-7/h2-4,6H,5H2,1H3,(H2,10,12,13). The lowest BCUT2D eigenvalue weighted by Gasteiger charge is -2.09. The molecule has 1 atom stereocenters. The largest absolute Gasteiger partial charge is 0.263 e. The lowest BCUT2D eigenvalue weighted by molar-refractivity contribution is 0.592. The minimum Gasteiger partial charge on any atom is -0.263 e. The van der Waals surface area contributed by atoms with Crippen molar-refractivity contribution in [1.29, 1.82) is 0 Å². The van der Waals surface area contributed by atoms with Crippen molar-refractivity contribution in [3.05, 3.63) is 28.5 Å². The lowest BCUT2D eigenvalue weighted by atomic mass is 10.1. The summed E-state index contributed by atoms with van der Waals surface area (Å²) in [6, 6.07) is 1.84. The van der Waals surface area contributed by atoms with E-state index in [1.807, 2.05) is 6.07 Å². The molecule has 0 spiro atoms. The second kappa shape index (κ2) is 4.37. The molecule has 0 bridgehead atoms. The van der Waals surface area contributed by atoms with E-state index in [-0.39, 0.29) is 11.7 Å². The van der Waals surface area contributed by atoms with Crippen molar-refractivity contribution in [1.82, 2.24) is 4.98 Å². The highest BCUT2D eigenvalue weighted by Gasteiger charge is 2.13. The van der Waals surface area contributed by atoms with Gasteiger partial charge in [0.15, 0.2) is 0 Å². The van der Waals surface area contributed by atoms with E-state index in [1.54, 1.807) is 19.3 Å². The summed E-state index contributed by atoms with van der Waals surface area (Å²) < 4.78 is 22.5. The van der Waals surface area contributed by atoms with Gasteiger partial charge in [0.1, 0.15) is 0 Å². The smallest absolute Gasteiger partial charge is 0.209 e. The van der Waals surface area contributed by atoms with Gasteiger partial charge in [-0.05, 0) is 33.5 Å². The summed E-state index contributed by atoms with van der Waals surface area (Å²) in [6.07, 6.45) is 3.29. The maximum atomic E-state index is 10.8. The molecule has 2 N–H and O–H groups in total. The Bertz CT molecular complexity index is 419. The van der Waals surface area contributed by atoms with Crippen molar-refractivity contribution >= 4 is 26.0 Å². The second-order valence-corrected chi connectivity index (χ2v) is 5.74. The predicted molar refractivity (Wildman–Crippen MR) is 58.3 cm³/mol. The number of pyridine rings is 1. The van der Waals surface area contributed by atoms with Crippen molar-refractivity contribution in [2.24, 2.45) is 5.14 Å². The predicted octanol–water partition coefficient (Wildman–Crippen LogP) is 1.24. The Morgan fingerprint density at radius 1 is 1.57 bits per heavy atom. The van der Waals surface area contributed by atoms with Gasteiger partial charge in [0.25, 0.3) is 0 Å². The molecule has 0 aromatic carbocycles. The minimum atomic E-state index is -3.43. The number of aromatic nitrogens is 1. The van der Waals surface area contributed by atoms with E-state index in [4.69, 9.17) is 5.14 Å². The molecule has 1 heterocycles. The van der Waals surface area contributed by atoms with Gasteiger partial charge in [-0.1, -0.05) is 6.92 Å². The first-order valence-electron chi connectivity index (χ1n) is 3.99. The molecule has 6 heteroatoms. The van der Waals surface area contributed by atoms with Crippen LogP contribution in [-0.2, 0) is 10.0 Å². The Morgan fingerprint density at radius 3 is 2.71 bits per heavy atom. The van der Waals surface area contributed by atoms with Gasteiger partial charge in [-0.15, -0.1) is 0 Å². The van der Waals surface area contributed by atoms with Crippen molar-refractivity contribution in [3.8, 4) is 0 Å². The quantitative estimate of drug-likeness (QED) is 0.904. The molecule has 1 rings (SSSR count). The SMILES string of the molecule is CC(CS(N)(=O)=O)c1cncc(Br)c1. The summed E-state index contributed by atoms with van der Waals surface area (Å²) in [5.74, 6) is -0.208. The molecule has 0 fully saturated rings. The Morgan fingerprint density at radius 2 is 2.21 bits per heavy atom. The summed E-state index contributed by atoms with van der Waals surface area (Å²) in [7, 11) is -3.43. The first kappa shape index (κ1) is 11.6. The van der Waals surface area contributed by atoms with Crippen LogP contribution in [0.15, 0.2) is 22.9 Å². The van der Waals surface area contributed by atoms with Crippen LogP contribution >= 0.6 is 15.9 Å². The Hall–Kier alpha value is -0.460. The van der Waals surface area contributed by atoms with E-state index in [9.17, 15) is 8.42 Å². The highest BCUT2D eigenvalue weighted by Crippen LogP contribution is 2.18. The van der Waals surface area contributed by atoms with Gasteiger partial charge in [0.2, 0.25) is 10.0 Å². The second-order valence-electron chi connectivity index (χ2n) is 3.17. The molecule has 0 radical (unpaired) electrons. The average Bonchev–Trinajstić information content (AvgIpc) is 2.01. The molecule has 4 nitrogen and oxygen atoms in total. The molecule has 0 amide bonds. The summed E-state index contributed by atoms with van der Waals surface area (Å²) in [5, 5.41) is 4.95. The average molecular weight is 279 g/mol. The molecule has 1 unspecified atom stereocenters. The van der Waals surface area contributed by atoms with Crippen LogP contribution in [0.2, 0.25) is 0 Å². The van der Waals surface area contributed by atoms with Gasteiger partial charge < -0.3 is 0 Å². The molecular formula is C8H11BrN2O2S. The van der Waals surface area contributed by atoms with Gasteiger partial charge in [-0.25, -0.2) is 13.6 Å². The van der Waals surface area contributed by atoms with Crippen molar-refractivity contribution in [2.75, 3.05) is 5.75 Å². The van der Waals surface area contributed by atoms with Gasteiger partial charge in [0.05, 0.1) is 5.75 Å². The zero-order valence-corrected chi connectivity index (χ0v) is 10.0. The van der Waals surface area contributed by atoms with E-state index in [0.717, 1.165) is 10.0 Å². The molecule has 0 saturated carbocycles. The van der Waals surface area contributed by atoms with Crippen LogP contribution < -0.4 is 5.14 Å². The zero-order valence-electron chi connectivity index (χ0n) is 7.64. The van der Waals surface area contributed by atoms with E-state index < -0.39 is 10.0 Å². The fourth-order valence-electron chi connectivity index (χ4n) is 1.14. The maximum Gasteiger partial charge on any atom is 0.209 e. The summed E-state index contributed by atoms with van der Waals surface area (Å²) in [4.78, 5) is 3.95. The number of primary sulfonamides is 1. The number of hydrogen-bond acceptors (Lipinski definition) is 3. The van der Waals surface area contributed by atoms with E-state index in [1.165, 1.54) is 0 Å². The van der Waals surface area contributed by atoms with E-state index in [0.29, 0.717) is 0 Å². The third-order valence-electron chi connectivity index (χ3n) is 1.78. The highest BCUT2D eigenvalue weighted by atomic mass is 79.9. The van der Waals surface area contributed by atoms with Crippen LogP contribution in [0.25, 0.3) is 0 Å². The third-order valence-corrected chi connectivity index (χ3v) is 3.18. The number of nitrogens with zero attached hydrogens (tertiary/aromatic N) is 1. The number of rotatable bonds is 3. The van der Waals surface area contributed by atoms with Crippen molar-refractivity contribution < 1.29 is 8.42 Å². The fourth-order valence-corrected chi connectivity index (χ4v) is 2.41. The Kier molecular flexibility index (Phi) is 3.63. The van der Waals surface area contributed by atoms with E-state index >= 15 is 0 Å².